The summed E-state index contributed by atoms with van der Waals surface area (Å²) in [6.45, 7) is 1.32. The van der Waals surface area contributed by atoms with Crippen molar-refractivity contribution in [1.29, 1.82) is 0 Å². The van der Waals surface area contributed by atoms with Gasteiger partial charge in [-0.2, -0.15) is 0 Å². The first-order valence-electron chi connectivity index (χ1n) is 5.95. The molecule has 1 aromatic rings. The topological polar surface area (TPSA) is 50.9 Å². The van der Waals surface area contributed by atoms with Crippen molar-refractivity contribution in [3.63, 3.8) is 0 Å². The molecule has 0 saturated heterocycles. The van der Waals surface area contributed by atoms with Gasteiger partial charge in [-0.1, -0.05) is 6.42 Å². The van der Waals surface area contributed by atoms with E-state index in [1.807, 2.05) is 0 Å². The van der Waals surface area contributed by atoms with Crippen LogP contribution in [0.5, 0.6) is 0 Å². The quantitative estimate of drug-likeness (QED) is 0.849. The fraction of sp³-hybridized carbons (Fsp3) is 0.583. The van der Waals surface area contributed by atoms with Crippen LogP contribution < -0.4 is 11.1 Å². The maximum absolute atomic E-state index is 13.3. The van der Waals surface area contributed by atoms with Crippen LogP contribution in [-0.4, -0.2) is 18.1 Å². The molecule has 2 atom stereocenters. The third-order valence-corrected chi connectivity index (χ3v) is 3.46. The maximum Gasteiger partial charge on any atom is 0.168 e. The third-order valence-electron chi connectivity index (χ3n) is 3.46. The van der Waals surface area contributed by atoms with Gasteiger partial charge in [0.25, 0.3) is 0 Å². The molecule has 1 fully saturated rings. The summed E-state index contributed by atoms with van der Waals surface area (Å²) in [4.78, 5) is 3.70. The largest absolute Gasteiger partial charge is 0.367 e. The Kier molecular flexibility index (Phi) is 3.89. The number of hydrogen-bond donors (Lipinski definition) is 2. The second-order valence-corrected chi connectivity index (χ2v) is 4.55. The van der Waals surface area contributed by atoms with Crippen molar-refractivity contribution in [3.05, 3.63) is 23.9 Å². The highest BCUT2D eigenvalue weighted by Gasteiger charge is 2.25. The van der Waals surface area contributed by atoms with Crippen LogP contribution in [0.2, 0.25) is 0 Å². The van der Waals surface area contributed by atoms with Gasteiger partial charge in [0.1, 0.15) is 5.82 Å². The summed E-state index contributed by atoms with van der Waals surface area (Å²) >= 11 is 0. The lowest BCUT2D eigenvalue weighted by Gasteiger charge is -2.18. The molecule has 2 rings (SSSR count). The van der Waals surface area contributed by atoms with Gasteiger partial charge in [0.15, 0.2) is 11.6 Å². The minimum absolute atomic E-state index is 0.120. The lowest BCUT2D eigenvalue weighted by molar-refractivity contribution is 0.413. The molecule has 1 aromatic heterocycles. The van der Waals surface area contributed by atoms with Crippen LogP contribution in [0.1, 0.15) is 19.3 Å². The van der Waals surface area contributed by atoms with Gasteiger partial charge in [0.2, 0.25) is 0 Å². The predicted molar refractivity (Wildman–Crippen MR) is 62.5 cm³/mol. The summed E-state index contributed by atoms with van der Waals surface area (Å²) in [6, 6.07) is 0.838. The van der Waals surface area contributed by atoms with E-state index in [-0.39, 0.29) is 5.82 Å². The molecule has 0 bridgehead atoms. The van der Waals surface area contributed by atoms with Gasteiger partial charge < -0.3 is 11.1 Å². The van der Waals surface area contributed by atoms with Crippen LogP contribution >= 0.6 is 0 Å². The average Bonchev–Trinajstić information content (AvgIpc) is 2.75. The van der Waals surface area contributed by atoms with Gasteiger partial charge in [-0.15, -0.1) is 0 Å². The zero-order valence-corrected chi connectivity index (χ0v) is 9.63. The molecule has 3 nitrogen and oxygen atoms in total. The zero-order valence-electron chi connectivity index (χ0n) is 9.63. The minimum atomic E-state index is -0.659. The zero-order chi connectivity index (χ0) is 12.3. The molecule has 0 amide bonds. The SMILES string of the molecule is NCC1CCCC1CNc1ncc(F)cc1F. The molecule has 0 spiro atoms. The standard InChI is InChI=1S/C12H17F2N3/c13-10-4-11(14)12(17-7-10)16-6-9-3-1-2-8(9)5-15/h4,7-9H,1-3,5-6,15H2,(H,16,17). The van der Waals surface area contributed by atoms with Crippen molar-refractivity contribution < 1.29 is 8.78 Å². The van der Waals surface area contributed by atoms with E-state index in [0.29, 0.717) is 24.9 Å². The molecular weight excluding hydrogens is 224 g/mol. The number of rotatable bonds is 4. The van der Waals surface area contributed by atoms with Crippen molar-refractivity contribution in [1.82, 2.24) is 4.98 Å². The fourth-order valence-corrected chi connectivity index (χ4v) is 2.47. The Morgan fingerprint density at radius 3 is 2.82 bits per heavy atom. The lowest BCUT2D eigenvalue weighted by Crippen LogP contribution is -2.24. The van der Waals surface area contributed by atoms with Crippen molar-refractivity contribution in [2.45, 2.75) is 19.3 Å². The van der Waals surface area contributed by atoms with E-state index in [9.17, 15) is 8.78 Å². The summed E-state index contributed by atoms with van der Waals surface area (Å²) in [7, 11) is 0. The number of halogens is 2. The van der Waals surface area contributed by atoms with Gasteiger partial charge in [-0.3, -0.25) is 0 Å². The molecule has 1 aliphatic rings. The second-order valence-electron chi connectivity index (χ2n) is 4.55. The highest BCUT2D eigenvalue weighted by Crippen LogP contribution is 2.31. The minimum Gasteiger partial charge on any atom is -0.367 e. The highest BCUT2D eigenvalue weighted by molar-refractivity contribution is 5.35. The summed E-state index contributed by atoms with van der Waals surface area (Å²) < 4.78 is 26.0. The van der Waals surface area contributed by atoms with E-state index in [1.165, 1.54) is 6.42 Å². The van der Waals surface area contributed by atoms with Crippen LogP contribution in [0.25, 0.3) is 0 Å². The molecule has 17 heavy (non-hydrogen) atoms. The number of nitrogens with zero attached hydrogens (tertiary/aromatic N) is 1. The Balaban J connectivity index is 1.93. The number of pyridine rings is 1. The molecule has 3 N–H and O–H groups in total. The smallest absolute Gasteiger partial charge is 0.168 e. The van der Waals surface area contributed by atoms with Gasteiger partial charge in [0, 0.05) is 12.6 Å². The van der Waals surface area contributed by atoms with E-state index < -0.39 is 11.6 Å². The molecule has 2 unspecified atom stereocenters. The Morgan fingerprint density at radius 2 is 2.12 bits per heavy atom. The number of aromatic nitrogens is 1. The molecule has 1 aliphatic carbocycles. The van der Waals surface area contributed by atoms with Crippen LogP contribution in [0, 0.1) is 23.5 Å². The molecule has 5 heteroatoms. The van der Waals surface area contributed by atoms with Crippen molar-refractivity contribution in [2.75, 3.05) is 18.4 Å². The Hall–Kier alpha value is -1.23. The molecule has 1 heterocycles. The van der Waals surface area contributed by atoms with E-state index in [2.05, 4.69) is 10.3 Å². The number of nitrogens with one attached hydrogen (secondary N) is 1. The van der Waals surface area contributed by atoms with E-state index >= 15 is 0 Å². The van der Waals surface area contributed by atoms with Crippen molar-refractivity contribution in [3.8, 4) is 0 Å². The average molecular weight is 241 g/mol. The summed E-state index contributed by atoms with van der Waals surface area (Å²) in [6.07, 6.45) is 4.44. The predicted octanol–water partition coefficient (Wildman–Crippen LogP) is 2.15. The summed E-state index contributed by atoms with van der Waals surface area (Å²) in [5, 5.41) is 2.94. The summed E-state index contributed by atoms with van der Waals surface area (Å²) in [5.74, 6) is -0.215. The van der Waals surface area contributed by atoms with Crippen LogP contribution in [-0.2, 0) is 0 Å². The highest BCUT2D eigenvalue weighted by atomic mass is 19.1. The Morgan fingerprint density at radius 1 is 1.35 bits per heavy atom. The molecular formula is C12H17F2N3. The first-order chi connectivity index (χ1) is 8.20. The molecule has 94 valence electrons. The van der Waals surface area contributed by atoms with Crippen LogP contribution in [0.15, 0.2) is 12.3 Å². The Labute approximate surface area is 99.4 Å². The normalized spacial score (nSPS) is 23.9. The van der Waals surface area contributed by atoms with E-state index in [0.717, 1.165) is 25.1 Å². The molecule has 0 aliphatic heterocycles. The van der Waals surface area contributed by atoms with Gasteiger partial charge >= 0.3 is 0 Å². The number of nitrogens with two attached hydrogens (primary N) is 1. The Bertz CT molecular complexity index is 384. The molecule has 1 saturated carbocycles. The van der Waals surface area contributed by atoms with Crippen molar-refractivity contribution in [2.24, 2.45) is 17.6 Å². The molecule has 0 radical (unpaired) electrons. The molecule has 0 aromatic carbocycles. The lowest BCUT2D eigenvalue weighted by atomic mass is 9.96. The maximum atomic E-state index is 13.3. The van der Waals surface area contributed by atoms with Gasteiger partial charge in [-0.05, 0) is 31.2 Å². The fourth-order valence-electron chi connectivity index (χ4n) is 2.47. The first-order valence-corrected chi connectivity index (χ1v) is 5.95. The third kappa shape index (κ3) is 2.91. The van der Waals surface area contributed by atoms with Gasteiger partial charge in [-0.25, -0.2) is 13.8 Å². The van der Waals surface area contributed by atoms with Gasteiger partial charge in [0.05, 0.1) is 6.20 Å². The van der Waals surface area contributed by atoms with E-state index in [1.54, 1.807) is 0 Å². The summed E-state index contributed by atoms with van der Waals surface area (Å²) in [5.41, 5.74) is 5.68. The number of hydrogen-bond acceptors (Lipinski definition) is 3. The van der Waals surface area contributed by atoms with Crippen LogP contribution in [0.3, 0.4) is 0 Å². The number of anilines is 1. The first kappa shape index (κ1) is 12.2. The van der Waals surface area contributed by atoms with Crippen LogP contribution in [0.4, 0.5) is 14.6 Å². The monoisotopic (exact) mass is 241 g/mol. The van der Waals surface area contributed by atoms with Crippen molar-refractivity contribution >= 4 is 5.82 Å². The van der Waals surface area contributed by atoms with E-state index in [4.69, 9.17) is 5.73 Å². The second kappa shape index (κ2) is 5.40.